The van der Waals surface area contributed by atoms with E-state index in [1.165, 1.54) is 30.2 Å². The molecule has 1 fully saturated rings. The summed E-state index contributed by atoms with van der Waals surface area (Å²) in [5.74, 6) is 3.57. The summed E-state index contributed by atoms with van der Waals surface area (Å²) in [5.41, 5.74) is 1.28. The molecule has 2 rings (SSSR count). The first kappa shape index (κ1) is 15.7. The number of hydrogen-bond acceptors (Lipinski definition) is 4. The van der Waals surface area contributed by atoms with Gasteiger partial charge in [-0.3, -0.25) is 0 Å². The Labute approximate surface area is 127 Å². The van der Waals surface area contributed by atoms with Crippen LogP contribution in [0, 0.1) is 0 Å². The number of nitrogens with one attached hydrogen (secondary N) is 1. The van der Waals surface area contributed by atoms with Crippen molar-refractivity contribution in [3.63, 3.8) is 0 Å². The van der Waals surface area contributed by atoms with Crippen LogP contribution in [0.4, 0.5) is 0 Å². The third-order valence-electron chi connectivity index (χ3n) is 3.74. The van der Waals surface area contributed by atoms with Crippen LogP contribution in [0.5, 0.6) is 5.75 Å². The van der Waals surface area contributed by atoms with E-state index in [4.69, 9.17) is 4.74 Å². The molecule has 0 saturated carbocycles. The Balaban J connectivity index is 1.70. The first-order valence-corrected chi connectivity index (χ1v) is 8.60. The third kappa shape index (κ3) is 5.00. The zero-order valence-electron chi connectivity index (χ0n) is 12.6. The maximum Gasteiger partial charge on any atom is 0.122 e. The van der Waals surface area contributed by atoms with E-state index in [0.29, 0.717) is 6.04 Å². The van der Waals surface area contributed by atoms with Crippen LogP contribution < -0.4 is 10.1 Å². The van der Waals surface area contributed by atoms with Crippen LogP contribution in [0.15, 0.2) is 24.3 Å². The van der Waals surface area contributed by atoms with Gasteiger partial charge in [0.2, 0.25) is 0 Å². The number of thioether (sulfide) groups is 1. The zero-order chi connectivity index (χ0) is 14.2. The molecule has 0 amide bonds. The van der Waals surface area contributed by atoms with Gasteiger partial charge in [0.15, 0.2) is 0 Å². The van der Waals surface area contributed by atoms with Crippen molar-refractivity contribution >= 4 is 11.8 Å². The van der Waals surface area contributed by atoms with Gasteiger partial charge in [-0.2, -0.15) is 11.8 Å². The largest absolute Gasteiger partial charge is 0.496 e. The van der Waals surface area contributed by atoms with Gasteiger partial charge in [-0.1, -0.05) is 18.2 Å². The van der Waals surface area contributed by atoms with Gasteiger partial charge in [-0.25, -0.2) is 0 Å². The van der Waals surface area contributed by atoms with Gasteiger partial charge in [-0.15, -0.1) is 0 Å². The Kier molecular flexibility index (Phi) is 6.70. The second-order valence-corrected chi connectivity index (χ2v) is 6.55. The SMILES string of the molecule is COc1ccccc1CC(C)NCCN1CCSCC1. The highest BCUT2D eigenvalue weighted by Crippen LogP contribution is 2.18. The van der Waals surface area contributed by atoms with Crippen molar-refractivity contribution < 1.29 is 4.74 Å². The van der Waals surface area contributed by atoms with Crippen LogP contribution in [0.1, 0.15) is 12.5 Å². The number of methoxy groups -OCH3 is 1. The van der Waals surface area contributed by atoms with Crippen LogP contribution in [0.3, 0.4) is 0 Å². The molecule has 1 aliphatic rings. The minimum absolute atomic E-state index is 0.477. The topological polar surface area (TPSA) is 24.5 Å². The quantitative estimate of drug-likeness (QED) is 0.834. The highest BCUT2D eigenvalue weighted by molar-refractivity contribution is 7.99. The van der Waals surface area contributed by atoms with E-state index in [0.717, 1.165) is 25.3 Å². The van der Waals surface area contributed by atoms with Gasteiger partial charge in [0, 0.05) is 43.7 Å². The molecule has 1 heterocycles. The lowest BCUT2D eigenvalue weighted by Crippen LogP contribution is -2.40. The molecule has 1 atom stereocenters. The average molecular weight is 294 g/mol. The highest BCUT2D eigenvalue weighted by atomic mass is 32.2. The highest BCUT2D eigenvalue weighted by Gasteiger charge is 2.11. The summed E-state index contributed by atoms with van der Waals surface area (Å²) in [4.78, 5) is 2.55. The number of hydrogen-bond donors (Lipinski definition) is 1. The Morgan fingerprint density at radius 1 is 1.30 bits per heavy atom. The van der Waals surface area contributed by atoms with Gasteiger partial charge >= 0.3 is 0 Å². The smallest absolute Gasteiger partial charge is 0.122 e. The fourth-order valence-electron chi connectivity index (χ4n) is 2.57. The minimum atomic E-state index is 0.477. The van der Waals surface area contributed by atoms with E-state index < -0.39 is 0 Å². The Morgan fingerprint density at radius 2 is 2.05 bits per heavy atom. The Bertz CT molecular complexity index is 394. The summed E-state index contributed by atoms with van der Waals surface area (Å²) in [7, 11) is 1.74. The summed E-state index contributed by atoms with van der Waals surface area (Å²) >= 11 is 2.07. The summed E-state index contributed by atoms with van der Waals surface area (Å²) < 4.78 is 5.41. The molecule has 1 N–H and O–H groups in total. The molecule has 1 aromatic rings. The van der Waals surface area contributed by atoms with Crippen molar-refractivity contribution in [3.8, 4) is 5.75 Å². The van der Waals surface area contributed by atoms with Crippen molar-refractivity contribution in [1.29, 1.82) is 0 Å². The van der Waals surface area contributed by atoms with E-state index in [-0.39, 0.29) is 0 Å². The van der Waals surface area contributed by atoms with Gasteiger partial charge < -0.3 is 15.0 Å². The number of rotatable bonds is 7. The first-order valence-electron chi connectivity index (χ1n) is 7.45. The molecule has 0 aromatic heterocycles. The van der Waals surface area contributed by atoms with Crippen molar-refractivity contribution in [2.24, 2.45) is 0 Å². The predicted octanol–water partition coefficient (Wildman–Crippen LogP) is 2.26. The van der Waals surface area contributed by atoms with Crippen LogP contribution >= 0.6 is 11.8 Å². The first-order chi connectivity index (χ1) is 9.79. The number of benzene rings is 1. The molecule has 1 aliphatic heterocycles. The molecular formula is C16H26N2OS. The molecule has 20 heavy (non-hydrogen) atoms. The number of nitrogens with zero attached hydrogens (tertiary/aromatic N) is 1. The van der Waals surface area contributed by atoms with Gasteiger partial charge in [0.05, 0.1) is 7.11 Å². The second-order valence-electron chi connectivity index (χ2n) is 5.33. The molecule has 112 valence electrons. The normalized spacial score (nSPS) is 17.9. The Morgan fingerprint density at radius 3 is 2.80 bits per heavy atom. The maximum absolute atomic E-state index is 5.41. The summed E-state index contributed by atoms with van der Waals surface area (Å²) in [6, 6.07) is 8.77. The van der Waals surface area contributed by atoms with Gasteiger partial charge in [0.25, 0.3) is 0 Å². The number of ether oxygens (including phenoxy) is 1. The van der Waals surface area contributed by atoms with Gasteiger partial charge in [-0.05, 0) is 25.0 Å². The van der Waals surface area contributed by atoms with Crippen LogP contribution in [0.2, 0.25) is 0 Å². The van der Waals surface area contributed by atoms with E-state index in [1.54, 1.807) is 7.11 Å². The fourth-order valence-corrected chi connectivity index (χ4v) is 3.55. The summed E-state index contributed by atoms with van der Waals surface area (Å²) in [6.45, 7) is 6.97. The lowest BCUT2D eigenvalue weighted by atomic mass is 10.1. The van der Waals surface area contributed by atoms with Crippen LogP contribution in [-0.4, -0.2) is 55.7 Å². The van der Waals surface area contributed by atoms with Crippen LogP contribution in [0.25, 0.3) is 0 Å². The second kappa shape index (κ2) is 8.55. The molecule has 1 saturated heterocycles. The zero-order valence-corrected chi connectivity index (χ0v) is 13.4. The molecule has 0 aliphatic carbocycles. The molecule has 3 nitrogen and oxygen atoms in total. The summed E-state index contributed by atoms with van der Waals surface area (Å²) in [6.07, 6.45) is 1.01. The lowest BCUT2D eigenvalue weighted by molar-refractivity contribution is 0.296. The molecule has 4 heteroatoms. The fraction of sp³-hybridized carbons (Fsp3) is 0.625. The number of para-hydroxylation sites is 1. The molecule has 0 radical (unpaired) electrons. The monoisotopic (exact) mass is 294 g/mol. The summed E-state index contributed by atoms with van der Waals surface area (Å²) in [5, 5.41) is 3.63. The van der Waals surface area contributed by atoms with E-state index in [2.05, 4.69) is 41.0 Å². The van der Waals surface area contributed by atoms with Crippen molar-refractivity contribution in [1.82, 2.24) is 10.2 Å². The molecular weight excluding hydrogens is 268 g/mol. The third-order valence-corrected chi connectivity index (χ3v) is 4.69. The minimum Gasteiger partial charge on any atom is -0.496 e. The molecule has 0 spiro atoms. The van der Waals surface area contributed by atoms with Gasteiger partial charge in [0.1, 0.15) is 5.75 Å². The van der Waals surface area contributed by atoms with E-state index in [1.807, 2.05) is 12.1 Å². The standard InChI is InChI=1S/C16H26N2OS/c1-14(13-15-5-3-4-6-16(15)19-2)17-7-8-18-9-11-20-12-10-18/h3-6,14,17H,7-13H2,1-2H3. The predicted molar refractivity (Wildman–Crippen MR) is 87.9 cm³/mol. The van der Waals surface area contributed by atoms with E-state index in [9.17, 15) is 0 Å². The Hall–Kier alpha value is -0.710. The van der Waals surface area contributed by atoms with E-state index >= 15 is 0 Å². The maximum atomic E-state index is 5.41. The molecule has 1 aromatic carbocycles. The average Bonchev–Trinajstić information content (AvgIpc) is 2.49. The van der Waals surface area contributed by atoms with Crippen molar-refractivity contribution in [2.45, 2.75) is 19.4 Å². The molecule has 0 bridgehead atoms. The lowest BCUT2D eigenvalue weighted by Gasteiger charge is -2.27. The van der Waals surface area contributed by atoms with Crippen LogP contribution in [-0.2, 0) is 6.42 Å². The molecule has 1 unspecified atom stereocenters. The van der Waals surface area contributed by atoms with Crippen molar-refractivity contribution in [2.75, 3.05) is 44.8 Å². The van der Waals surface area contributed by atoms with Crippen molar-refractivity contribution in [3.05, 3.63) is 29.8 Å².